The molecule has 0 saturated heterocycles. The van der Waals surface area contributed by atoms with E-state index in [1.165, 1.54) is 25.7 Å². The lowest BCUT2D eigenvalue weighted by Crippen LogP contribution is -2.30. The summed E-state index contributed by atoms with van der Waals surface area (Å²) < 4.78 is 0. The highest BCUT2D eigenvalue weighted by atomic mass is 35.5. The maximum absolute atomic E-state index is 8.90. The lowest BCUT2D eigenvalue weighted by atomic mass is 9.80. The number of nitrogens with zero attached hydrogens (tertiary/aromatic N) is 1. The van der Waals surface area contributed by atoms with Gasteiger partial charge >= 0.3 is 0 Å². The van der Waals surface area contributed by atoms with Gasteiger partial charge in [-0.3, -0.25) is 0 Å². The summed E-state index contributed by atoms with van der Waals surface area (Å²) in [6, 6.07) is 2.23. The average Bonchev–Trinajstić information content (AvgIpc) is 2.64. The molecule has 0 aromatic heterocycles. The van der Waals surface area contributed by atoms with Gasteiger partial charge in [-0.1, -0.05) is 6.42 Å². The molecule has 4 unspecified atom stereocenters. The maximum Gasteiger partial charge on any atom is 0.131 e. The van der Waals surface area contributed by atoms with Gasteiger partial charge in [0.1, 0.15) is 4.87 Å². The number of halogens is 1. The minimum absolute atomic E-state index is 0.461. The molecule has 0 aromatic carbocycles. The largest absolute Gasteiger partial charge is 0.196 e. The van der Waals surface area contributed by atoms with Crippen LogP contribution in [0, 0.1) is 29.1 Å². The number of alkyl halides is 1. The Kier molecular flexibility index (Phi) is 1.84. The lowest BCUT2D eigenvalue weighted by molar-refractivity contribution is 0.297. The Morgan fingerprint density at radius 1 is 1.42 bits per heavy atom. The number of hydrogen-bond donors (Lipinski definition) is 0. The molecule has 2 bridgehead atoms. The van der Waals surface area contributed by atoms with E-state index in [0.717, 1.165) is 11.8 Å². The second-order valence-electron chi connectivity index (χ2n) is 4.47. The van der Waals surface area contributed by atoms with E-state index in [1.807, 2.05) is 6.92 Å². The molecule has 4 atom stereocenters. The van der Waals surface area contributed by atoms with Crippen molar-refractivity contribution < 1.29 is 0 Å². The molecular formula is C10H14ClN. The van der Waals surface area contributed by atoms with Gasteiger partial charge in [0.15, 0.2) is 0 Å². The first-order valence-corrected chi connectivity index (χ1v) is 5.11. The van der Waals surface area contributed by atoms with Crippen LogP contribution in [0.1, 0.15) is 32.6 Å². The quantitative estimate of drug-likeness (QED) is 0.574. The summed E-state index contributed by atoms with van der Waals surface area (Å²) in [5, 5.41) is 8.90. The van der Waals surface area contributed by atoms with Gasteiger partial charge in [0.2, 0.25) is 0 Å². The highest BCUT2D eigenvalue weighted by Gasteiger charge is 2.47. The van der Waals surface area contributed by atoms with Crippen LogP contribution in [-0.2, 0) is 0 Å². The van der Waals surface area contributed by atoms with E-state index in [1.54, 1.807) is 0 Å². The van der Waals surface area contributed by atoms with E-state index in [2.05, 4.69) is 6.07 Å². The number of nitriles is 1. The molecule has 2 saturated carbocycles. The SMILES string of the molecule is CC(Cl)(C#N)C1CC2CCC1C2. The predicted molar refractivity (Wildman–Crippen MR) is 48.8 cm³/mol. The lowest BCUT2D eigenvalue weighted by Gasteiger charge is -2.29. The van der Waals surface area contributed by atoms with Gasteiger partial charge in [-0.05, 0) is 43.9 Å². The van der Waals surface area contributed by atoms with Crippen LogP contribution in [0.2, 0.25) is 0 Å². The van der Waals surface area contributed by atoms with Crippen LogP contribution in [0.5, 0.6) is 0 Å². The fourth-order valence-corrected chi connectivity index (χ4v) is 3.26. The van der Waals surface area contributed by atoms with Crippen molar-refractivity contribution in [3.05, 3.63) is 0 Å². The summed E-state index contributed by atoms with van der Waals surface area (Å²) >= 11 is 6.16. The van der Waals surface area contributed by atoms with Crippen LogP contribution >= 0.6 is 11.6 Å². The van der Waals surface area contributed by atoms with Crippen LogP contribution in [-0.4, -0.2) is 4.87 Å². The monoisotopic (exact) mass is 183 g/mol. The van der Waals surface area contributed by atoms with E-state index in [9.17, 15) is 0 Å². The first-order valence-electron chi connectivity index (χ1n) is 4.73. The van der Waals surface area contributed by atoms with E-state index in [-0.39, 0.29) is 0 Å². The average molecular weight is 184 g/mol. The topological polar surface area (TPSA) is 23.8 Å². The number of fused-ring (bicyclic) bond motifs is 2. The first kappa shape index (κ1) is 8.38. The van der Waals surface area contributed by atoms with E-state index in [0.29, 0.717) is 5.92 Å². The molecular weight excluding hydrogens is 170 g/mol. The molecule has 0 spiro atoms. The third-order valence-corrected chi connectivity index (χ3v) is 4.02. The molecule has 66 valence electrons. The highest BCUT2D eigenvalue weighted by molar-refractivity contribution is 6.25. The van der Waals surface area contributed by atoms with Crippen molar-refractivity contribution in [2.75, 3.05) is 0 Å². The highest BCUT2D eigenvalue weighted by Crippen LogP contribution is 2.53. The minimum atomic E-state index is -0.597. The van der Waals surface area contributed by atoms with Gasteiger partial charge in [-0.25, -0.2) is 0 Å². The Morgan fingerprint density at radius 3 is 2.58 bits per heavy atom. The maximum atomic E-state index is 8.90. The second kappa shape index (κ2) is 2.64. The Bertz CT molecular complexity index is 228. The molecule has 0 N–H and O–H groups in total. The summed E-state index contributed by atoms with van der Waals surface area (Å²) in [6.45, 7) is 1.87. The Labute approximate surface area is 78.7 Å². The van der Waals surface area contributed by atoms with Crippen molar-refractivity contribution in [2.24, 2.45) is 17.8 Å². The van der Waals surface area contributed by atoms with Crippen LogP contribution < -0.4 is 0 Å². The Hall–Kier alpha value is -0.220. The normalized spacial score (nSPS) is 43.9. The van der Waals surface area contributed by atoms with Crippen LogP contribution in [0.25, 0.3) is 0 Å². The molecule has 2 aliphatic rings. The summed E-state index contributed by atoms with van der Waals surface area (Å²) in [4.78, 5) is -0.597. The third kappa shape index (κ3) is 1.13. The number of rotatable bonds is 1. The van der Waals surface area contributed by atoms with E-state index < -0.39 is 4.87 Å². The van der Waals surface area contributed by atoms with E-state index in [4.69, 9.17) is 16.9 Å². The number of hydrogen-bond acceptors (Lipinski definition) is 1. The molecule has 2 fully saturated rings. The van der Waals surface area contributed by atoms with Crippen LogP contribution in [0.4, 0.5) is 0 Å². The van der Waals surface area contributed by atoms with Gasteiger partial charge in [0.05, 0.1) is 6.07 Å². The summed E-state index contributed by atoms with van der Waals surface area (Å²) in [5.74, 6) is 2.09. The zero-order chi connectivity index (χ0) is 8.77. The van der Waals surface area contributed by atoms with Gasteiger partial charge in [-0.15, -0.1) is 11.6 Å². The van der Waals surface area contributed by atoms with Crippen LogP contribution in [0.15, 0.2) is 0 Å². The first-order chi connectivity index (χ1) is 5.63. The van der Waals surface area contributed by atoms with Gasteiger partial charge < -0.3 is 0 Å². The fourth-order valence-electron chi connectivity index (χ4n) is 2.99. The van der Waals surface area contributed by atoms with Crippen molar-refractivity contribution in [1.82, 2.24) is 0 Å². The molecule has 1 nitrogen and oxygen atoms in total. The Balaban J connectivity index is 2.13. The van der Waals surface area contributed by atoms with Crippen molar-refractivity contribution >= 4 is 11.6 Å². The predicted octanol–water partition coefficient (Wildman–Crippen LogP) is 2.94. The zero-order valence-corrected chi connectivity index (χ0v) is 8.14. The van der Waals surface area contributed by atoms with Crippen molar-refractivity contribution in [3.63, 3.8) is 0 Å². The molecule has 0 radical (unpaired) electrons. The van der Waals surface area contributed by atoms with Crippen molar-refractivity contribution in [2.45, 2.75) is 37.5 Å². The third-order valence-electron chi connectivity index (χ3n) is 3.65. The molecule has 0 aliphatic heterocycles. The summed E-state index contributed by atoms with van der Waals surface area (Å²) in [6.07, 6.45) is 5.20. The van der Waals surface area contributed by atoms with Crippen molar-refractivity contribution in [1.29, 1.82) is 5.26 Å². The molecule has 2 aliphatic carbocycles. The molecule has 2 rings (SSSR count). The van der Waals surface area contributed by atoms with E-state index >= 15 is 0 Å². The molecule has 2 heteroatoms. The van der Waals surface area contributed by atoms with Gasteiger partial charge in [0, 0.05) is 0 Å². The molecule has 12 heavy (non-hydrogen) atoms. The second-order valence-corrected chi connectivity index (χ2v) is 5.25. The van der Waals surface area contributed by atoms with Crippen LogP contribution in [0.3, 0.4) is 0 Å². The minimum Gasteiger partial charge on any atom is -0.196 e. The van der Waals surface area contributed by atoms with Gasteiger partial charge in [0.25, 0.3) is 0 Å². The molecule has 0 heterocycles. The fraction of sp³-hybridized carbons (Fsp3) is 0.900. The summed E-state index contributed by atoms with van der Waals surface area (Å²) in [5.41, 5.74) is 0. The van der Waals surface area contributed by atoms with Gasteiger partial charge in [-0.2, -0.15) is 5.26 Å². The smallest absolute Gasteiger partial charge is 0.131 e. The summed E-state index contributed by atoms with van der Waals surface area (Å²) in [7, 11) is 0. The standard InChI is InChI=1S/C10H14ClN/c1-10(11,6-12)9-5-7-2-3-8(9)4-7/h7-9H,2-5H2,1H3. The zero-order valence-electron chi connectivity index (χ0n) is 7.39. The Morgan fingerprint density at radius 2 is 2.17 bits per heavy atom. The molecule has 0 aromatic rings. The molecule has 0 amide bonds. The van der Waals surface area contributed by atoms with Crippen molar-refractivity contribution in [3.8, 4) is 6.07 Å².